The summed E-state index contributed by atoms with van der Waals surface area (Å²) in [6, 6.07) is 30.9. The van der Waals surface area contributed by atoms with Gasteiger partial charge in [-0.05, 0) is 48.1 Å². The molecule has 26 heavy (non-hydrogen) atoms. The lowest BCUT2D eigenvalue weighted by atomic mass is 10.3. The van der Waals surface area contributed by atoms with Gasteiger partial charge in [-0.15, -0.1) is 11.8 Å². The van der Waals surface area contributed by atoms with Gasteiger partial charge in [-0.3, -0.25) is 0 Å². The van der Waals surface area contributed by atoms with Crippen molar-refractivity contribution in [3.8, 4) is 0 Å². The lowest BCUT2D eigenvalue weighted by Crippen LogP contribution is -1.94. The molecule has 130 valence electrons. The van der Waals surface area contributed by atoms with Gasteiger partial charge < -0.3 is 0 Å². The summed E-state index contributed by atoms with van der Waals surface area (Å²) >= 11 is 5.15. The van der Waals surface area contributed by atoms with Gasteiger partial charge in [0.05, 0.1) is 5.69 Å². The largest absolute Gasteiger partial charge is 0.241 e. The Kier molecular flexibility index (Phi) is 7.50. The molecule has 1 nitrogen and oxygen atoms in total. The third kappa shape index (κ3) is 5.84. The Bertz CT molecular complexity index is 860. The molecule has 3 rings (SSSR count). The van der Waals surface area contributed by atoms with Crippen LogP contribution >= 0.6 is 35.3 Å². The van der Waals surface area contributed by atoms with Crippen molar-refractivity contribution in [3.05, 3.63) is 101 Å². The average molecular weight is 394 g/mol. The number of hydrogen-bond acceptors (Lipinski definition) is 4. The molecule has 0 heterocycles. The lowest BCUT2D eigenvalue weighted by Gasteiger charge is -2.09. The van der Waals surface area contributed by atoms with Crippen LogP contribution in [0.15, 0.2) is 116 Å². The Labute approximate surface area is 168 Å². The van der Waals surface area contributed by atoms with E-state index in [0.29, 0.717) is 0 Å². The number of benzene rings is 3. The summed E-state index contributed by atoms with van der Waals surface area (Å²) in [6.45, 7) is 0. The summed E-state index contributed by atoms with van der Waals surface area (Å²) < 4.78 is 0. The first-order chi connectivity index (χ1) is 12.8. The van der Waals surface area contributed by atoms with Crippen molar-refractivity contribution in [2.45, 2.75) is 9.79 Å². The summed E-state index contributed by atoms with van der Waals surface area (Å²) in [7, 11) is 0. The molecule has 0 atom stereocenters. The van der Waals surface area contributed by atoms with E-state index in [-0.39, 0.29) is 0 Å². The van der Waals surface area contributed by atoms with E-state index in [0.717, 1.165) is 15.6 Å². The Morgan fingerprint density at radius 3 is 1.85 bits per heavy atom. The highest BCUT2D eigenvalue weighted by Crippen LogP contribution is 2.33. The maximum atomic E-state index is 4.91. The number of thioether (sulfide) groups is 3. The summed E-state index contributed by atoms with van der Waals surface area (Å²) in [5, 5.41) is 3.20. The van der Waals surface area contributed by atoms with Crippen molar-refractivity contribution in [1.29, 1.82) is 0 Å². The van der Waals surface area contributed by atoms with Gasteiger partial charge in [0.25, 0.3) is 0 Å². The minimum absolute atomic E-state index is 0.968. The zero-order valence-electron chi connectivity index (χ0n) is 14.4. The Morgan fingerprint density at radius 2 is 1.27 bits per heavy atom. The quantitative estimate of drug-likeness (QED) is 0.244. The monoisotopic (exact) mass is 393 g/mol. The van der Waals surface area contributed by atoms with Gasteiger partial charge in [0.2, 0.25) is 0 Å². The summed E-state index contributed by atoms with van der Waals surface area (Å²) in [4.78, 5) is 8.49. The second-order valence-electron chi connectivity index (χ2n) is 5.28. The first kappa shape index (κ1) is 18.9. The van der Waals surface area contributed by atoms with E-state index < -0.39 is 0 Å². The van der Waals surface area contributed by atoms with Gasteiger partial charge in [-0.1, -0.05) is 78.1 Å². The smallest absolute Gasteiger partial charge is 0.116 e. The molecule has 0 aromatic heterocycles. The molecule has 0 fully saturated rings. The maximum absolute atomic E-state index is 4.91. The molecule has 0 N–H and O–H groups in total. The molecule has 0 radical (unpaired) electrons. The molecule has 0 bridgehead atoms. The van der Waals surface area contributed by atoms with Crippen LogP contribution in [0.25, 0.3) is 0 Å². The highest BCUT2D eigenvalue weighted by molar-refractivity contribution is 8.18. The van der Waals surface area contributed by atoms with Crippen LogP contribution in [0.2, 0.25) is 0 Å². The third-order valence-electron chi connectivity index (χ3n) is 3.42. The van der Waals surface area contributed by atoms with E-state index in [1.54, 1.807) is 35.3 Å². The van der Waals surface area contributed by atoms with Gasteiger partial charge in [0.15, 0.2) is 0 Å². The van der Waals surface area contributed by atoms with Gasteiger partial charge in [-0.25, -0.2) is 4.99 Å². The topological polar surface area (TPSA) is 12.4 Å². The lowest BCUT2D eigenvalue weighted by molar-refractivity contribution is 1.47. The van der Waals surface area contributed by atoms with E-state index >= 15 is 0 Å². The van der Waals surface area contributed by atoms with Crippen LogP contribution in [0.4, 0.5) is 5.69 Å². The van der Waals surface area contributed by atoms with E-state index in [9.17, 15) is 0 Å². The number of aliphatic imine (C=N–C) groups is 1. The molecule has 0 spiro atoms. The number of para-hydroxylation sites is 1. The summed E-state index contributed by atoms with van der Waals surface area (Å²) in [5.74, 6) is 0. The predicted molar refractivity (Wildman–Crippen MR) is 120 cm³/mol. The second-order valence-corrected chi connectivity index (χ2v) is 8.14. The zero-order chi connectivity index (χ0) is 18.0. The standard InChI is InChI=1S/C22H19NS3/c1-24-21(17-25-19-13-7-3-8-14-19)22(23-18-11-5-2-6-12-18)26-20-15-9-4-10-16-20/h2-17H,1H3. The van der Waals surface area contributed by atoms with Crippen LogP contribution < -0.4 is 0 Å². The zero-order valence-corrected chi connectivity index (χ0v) is 16.9. The normalized spacial score (nSPS) is 12.2. The third-order valence-corrected chi connectivity index (χ3v) is 6.36. The van der Waals surface area contributed by atoms with Crippen LogP contribution in [-0.4, -0.2) is 11.3 Å². The average Bonchev–Trinajstić information content (AvgIpc) is 2.71. The summed E-state index contributed by atoms with van der Waals surface area (Å²) in [6.07, 6.45) is 2.10. The Morgan fingerprint density at radius 1 is 0.731 bits per heavy atom. The van der Waals surface area contributed by atoms with Crippen LogP contribution in [0.1, 0.15) is 0 Å². The molecule has 0 amide bonds. The fraction of sp³-hybridized carbons (Fsp3) is 0.0455. The maximum Gasteiger partial charge on any atom is 0.116 e. The number of hydrogen-bond donors (Lipinski definition) is 0. The first-order valence-electron chi connectivity index (χ1n) is 8.18. The molecule has 3 aromatic carbocycles. The Balaban J connectivity index is 1.91. The van der Waals surface area contributed by atoms with Crippen molar-refractivity contribution in [2.75, 3.05) is 6.26 Å². The van der Waals surface area contributed by atoms with Crippen molar-refractivity contribution < 1.29 is 0 Å². The van der Waals surface area contributed by atoms with E-state index in [2.05, 4.69) is 60.2 Å². The van der Waals surface area contributed by atoms with Crippen molar-refractivity contribution in [3.63, 3.8) is 0 Å². The molecule has 0 saturated heterocycles. The van der Waals surface area contributed by atoms with Crippen molar-refractivity contribution >= 4 is 46.0 Å². The molecule has 0 saturated carbocycles. The van der Waals surface area contributed by atoms with Crippen molar-refractivity contribution in [2.24, 2.45) is 4.99 Å². The number of nitrogens with zero attached hydrogens (tertiary/aromatic N) is 1. The molecule has 0 aliphatic rings. The minimum Gasteiger partial charge on any atom is -0.241 e. The second kappa shape index (κ2) is 10.3. The molecule has 4 heteroatoms. The van der Waals surface area contributed by atoms with E-state index in [1.165, 1.54) is 9.79 Å². The SMILES string of the molecule is CSC(=CSc1ccccc1)C(=Nc1ccccc1)Sc1ccccc1. The van der Waals surface area contributed by atoms with Crippen LogP contribution in [0, 0.1) is 0 Å². The molecular formula is C22H19NS3. The molecule has 0 aliphatic heterocycles. The number of rotatable bonds is 6. The molecule has 3 aromatic rings. The first-order valence-corrected chi connectivity index (χ1v) is 11.1. The summed E-state index contributed by atoms with van der Waals surface area (Å²) in [5.41, 5.74) is 0.968. The molecule has 0 unspecified atom stereocenters. The fourth-order valence-corrected chi connectivity index (χ4v) is 4.85. The van der Waals surface area contributed by atoms with Crippen LogP contribution in [-0.2, 0) is 0 Å². The Hall–Kier alpha value is -1.88. The molecular weight excluding hydrogens is 374 g/mol. The van der Waals surface area contributed by atoms with E-state index in [1.807, 2.05) is 42.5 Å². The predicted octanol–water partition coefficient (Wildman–Crippen LogP) is 7.51. The van der Waals surface area contributed by atoms with E-state index in [4.69, 9.17) is 4.99 Å². The van der Waals surface area contributed by atoms with Gasteiger partial charge in [0.1, 0.15) is 5.04 Å². The van der Waals surface area contributed by atoms with Crippen molar-refractivity contribution in [1.82, 2.24) is 0 Å². The molecule has 0 aliphatic carbocycles. The highest BCUT2D eigenvalue weighted by atomic mass is 32.2. The fourth-order valence-electron chi connectivity index (χ4n) is 2.15. The van der Waals surface area contributed by atoms with Gasteiger partial charge >= 0.3 is 0 Å². The van der Waals surface area contributed by atoms with Crippen LogP contribution in [0.3, 0.4) is 0 Å². The van der Waals surface area contributed by atoms with Gasteiger partial charge in [0, 0.05) is 14.7 Å². The minimum atomic E-state index is 0.968. The van der Waals surface area contributed by atoms with Crippen LogP contribution in [0.5, 0.6) is 0 Å². The van der Waals surface area contributed by atoms with Gasteiger partial charge in [-0.2, -0.15) is 0 Å². The highest BCUT2D eigenvalue weighted by Gasteiger charge is 2.10.